The highest BCUT2D eigenvalue weighted by atomic mass is 19.1. The van der Waals surface area contributed by atoms with Crippen molar-refractivity contribution < 1.29 is 23.8 Å². The molecule has 2 aromatic rings. The van der Waals surface area contributed by atoms with Gasteiger partial charge in [-0.3, -0.25) is 10.3 Å². The summed E-state index contributed by atoms with van der Waals surface area (Å²) in [6.07, 6.45) is 1.40. The molecule has 2 N–H and O–H groups in total. The van der Waals surface area contributed by atoms with E-state index in [1.807, 2.05) is 12.1 Å². The molecule has 0 radical (unpaired) electrons. The number of halogens is 1. The van der Waals surface area contributed by atoms with Crippen LogP contribution in [0.15, 0.2) is 47.5 Å². The molecule has 1 fully saturated rings. The lowest BCUT2D eigenvalue weighted by atomic mass is 9.87. The predicted molar refractivity (Wildman–Crippen MR) is 119 cm³/mol. The molecule has 0 unspecified atom stereocenters. The van der Waals surface area contributed by atoms with Crippen molar-refractivity contribution in [2.24, 2.45) is 4.99 Å². The molecule has 170 valence electrons. The van der Waals surface area contributed by atoms with Crippen LogP contribution in [0.4, 0.5) is 9.18 Å². The monoisotopic (exact) mass is 441 g/mol. The normalized spacial score (nSPS) is 20.0. The fourth-order valence-corrected chi connectivity index (χ4v) is 4.43. The molecule has 2 heterocycles. The molecule has 2 aliphatic rings. The molecule has 1 saturated heterocycles. The number of ether oxygens (including phenoxy) is 2. The average molecular weight is 442 g/mol. The lowest BCUT2D eigenvalue weighted by molar-refractivity contribution is 0.0778. The van der Waals surface area contributed by atoms with E-state index in [1.54, 1.807) is 30.0 Å². The number of aromatic hydroxyl groups is 1. The fraction of sp³-hybridized carbons (Fsp3) is 0.417. The smallest absolute Gasteiger partial charge is 0.409 e. The zero-order valence-electron chi connectivity index (χ0n) is 18.3. The number of nitrogens with one attached hydrogen (secondary N) is 1. The number of amides is 1. The number of rotatable bonds is 4. The summed E-state index contributed by atoms with van der Waals surface area (Å²) in [4.78, 5) is 18.9. The van der Waals surface area contributed by atoms with Crippen molar-refractivity contribution in [1.29, 1.82) is 0 Å². The van der Waals surface area contributed by atoms with E-state index in [1.165, 1.54) is 19.2 Å². The molecule has 1 amide bonds. The number of carbonyl (C=O) groups is 1. The number of phenols is 1. The van der Waals surface area contributed by atoms with Gasteiger partial charge in [0.25, 0.3) is 0 Å². The predicted octanol–water partition coefficient (Wildman–Crippen LogP) is 4.01. The summed E-state index contributed by atoms with van der Waals surface area (Å²) in [5.41, 5.74) is 1.78. The van der Waals surface area contributed by atoms with Gasteiger partial charge in [0, 0.05) is 49.7 Å². The van der Waals surface area contributed by atoms with Crippen molar-refractivity contribution in [3.8, 4) is 11.5 Å². The van der Waals surface area contributed by atoms with E-state index in [-0.39, 0.29) is 23.7 Å². The number of piperidine rings is 1. The quantitative estimate of drug-likeness (QED) is 0.749. The first-order chi connectivity index (χ1) is 15.4. The zero-order valence-corrected chi connectivity index (χ0v) is 18.3. The van der Waals surface area contributed by atoms with Gasteiger partial charge in [0.05, 0.1) is 13.7 Å². The second-order valence-corrected chi connectivity index (χ2v) is 8.08. The number of methoxy groups -OCH3 is 1. The van der Waals surface area contributed by atoms with E-state index in [4.69, 9.17) is 14.5 Å². The molecule has 2 aliphatic heterocycles. The molecule has 0 aliphatic carbocycles. The number of aliphatic imine (C=N–C) groups is 1. The van der Waals surface area contributed by atoms with Gasteiger partial charge in [0.2, 0.25) is 0 Å². The molecule has 0 aromatic heterocycles. The minimum absolute atomic E-state index is 0.0898. The molecule has 1 spiro atoms. The van der Waals surface area contributed by atoms with Crippen LogP contribution in [-0.4, -0.2) is 54.3 Å². The van der Waals surface area contributed by atoms with Gasteiger partial charge < -0.3 is 19.5 Å². The third-order valence-corrected chi connectivity index (χ3v) is 6.11. The molecule has 32 heavy (non-hydrogen) atoms. The first-order valence-corrected chi connectivity index (χ1v) is 10.8. The second-order valence-electron chi connectivity index (χ2n) is 8.08. The summed E-state index contributed by atoms with van der Waals surface area (Å²) in [6.45, 7) is 3.13. The Balaban J connectivity index is 1.67. The van der Waals surface area contributed by atoms with E-state index >= 15 is 0 Å². The topological polar surface area (TPSA) is 83.4 Å². The van der Waals surface area contributed by atoms with Crippen LogP contribution in [0, 0.1) is 5.82 Å². The summed E-state index contributed by atoms with van der Waals surface area (Å²) in [5, 5.41) is 14.4. The lowest BCUT2D eigenvalue weighted by Gasteiger charge is -2.45. The molecule has 8 heteroatoms. The summed E-state index contributed by atoms with van der Waals surface area (Å²) in [7, 11) is 1.52. The number of para-hydroxylation sites is 1. The van der Waals surface area contributed by atoms with Gasteiger partial charge in [-0.15, -0.1) is 0 Å². The lowest BCUT2D eigenvalue weighted by Crippen LogP contribution is -2.56. The SMILES string of the molecule is CCOC(=O)N1CCC2(CC1)N=C(c1ccc(F)cc1)C[C@@H](c1cccc(OC)c1O)N2. The van der Waals surface area contributed by atoms with E-state index in [0.717, 1.165) is 11.3 Å². The number of phenolic OH excluding ortho intramolecular Hbond substituents is 1. The Morgan fingerprint density at radius 1 is 1.25 bits per heavy atom. The van der Waals surface area contributed by atoms with Crippen LogP contribution >= 0.6 is 0 Å². The van der Waals surface area contributed by atoms with Crippen molar-refractivity contribution >= 4 is 11.8 Å². The molecule has 4 rings (SSSR count). The number of likely N-dealkylation sites (tertiary alicyclic amines) is 1. The van der Waals surface area contributed by atoms with Gasteiger partial charge >= 0.3 is 6.09 Å². The minimum Gasteiger partial charge on any atom is -0.504 e. The largest absolute Gasteiger partial charge is 0.504 e. The van der Waals surface area contributed by atoms with Crippen molar-refractivity contribution in [3.05, 3.63) is 59.4 Å². The van der Waals surface area contributed by atoms with Gasteiger partial charge in [-0.25, -0.2) is 9.18 Å². The summed E-state index contributed by atoms with van der Waals surface area (Å²) in [6, 6.07) is 11.5. The van der Waals surface area contributed by atoms with Crippen molar-refractivity contribution in [3.63, 3.8) is 0 Å². The van der Waals surface area contributed by atoms with E-state index in [2.05, 4.69) is 5.32 Å². The minimum atomic E-state index is -0.606. The molecular weight excluding hydrogens is 413 g/mol. The van der Waals surface area contributed by atoms with Crippen molar-refractivity contribution in [1.82, 2.24) is 10.2 Å². The molecule has 7 nitrogen and oxygen atoms in total. The highest BCUT2D eigenvalue weighted by Crippen LogP contribution is 2.40. The van der Waals surface area contributed by atoms with E-state index in [0.29, 0.717) is 50.3 Å². The van der Waals surface area contributed by atoms with Crippen LogP contribution in [0.1, 0.15) is 43.4 Å². The molecule has 1 atom stereocenters. The van der Waals surface area contributed by atoms with Crippen LogP contribution < -0.4 is 10.1 Å². The molecule has 0 bridgehead atoms. The number of nitrogens with zero attached hydrogens (tertiary/aromatic N) is 2. The Labute approximate surface area is 186 Å². The Bertz CT molecular complexity index is 1000. The molecular formula is C24H28FN3O4. The van der Waals surface area contributed by atoms with E-state index in [9.17, 15) is 14.3 Å². The van der Waals surface area contributed by atoms with Gasteiger partial charge in [-0.2, -0.15) is 0 Å². The summed E-state index contributed by atoms with van der Waals surface area (Å²) < 4.78 is 23.9. The average Bonchev–Trinajstić information content (AvgIpc) is 2.80. The number of hydrogen-bond acceptors (Lipinski definition) is 6. The van der Waals surface area contributed by atoms with Gasteiger partial charge in [-0.05, 0) is 30.7 Å². The molecule has 0 saturated carbocycles. The number of hydrogen-bond donors (Lipinski definition) is 2. The van der Waals surface area contributed by atoms with Crippen LogP contribution in [0.25, 0.3) is 0 Å². The van der Waals surface area contributed by atoms with E-state index < -0.39 is 5.66 Å². The number of benzene rings is 2. The maximum absolute atomic E-state index is 13.5. The third kappa shape index (κ3) is 4.41. The zero-order chi connectivity index (χ0) is 22.7. The van der Waals surface area contributed by atoms with Crippen LogP contribution in [0.2, 0.25) is 0 Å². The van der Waals surface area contributed by atoms with Crippen molar-refractivity contribution in [2.45, 2.75) is 37.9 Å². The van der Waals surface area contributed by atoms with Gasteiger partial charge in [0.15, 0.2) is 11.5 Å². The van der Waals surface area contributed by atoms with Gasteiger partial charge in [0.1, 0.15) is 11.5 Å². The Kier molecular flexibility index (Phi) is 6.32. The Hall–Kier alpha value is -3.13. The fourth-order valence-electron chi connectivity index (χ4n) is 4.43. The molecule has 2 aromatic carbocycles. The Morgan fingerprint density at radius 3 is 2.62 bits per heavy atom. The first kappa shape index (κ1) is 22.1. The highest BCUT2D eigenvalue weighted by Gasteiger charge is 2.41. The van der Waals surface area contributed by atoms with Crippen molar-refractivity contribution in [2.75, 3.05) is 26.8 Å². The highest BCUT2D eigenvalue weighted by molar-refractivity contribution is 6.01. The Morgan fingerprint density at radius 2 is 1.97 bits per heavy atom. The second kappa shape index (κ2) is 9.16. The maximum atomic E-state index is 13.5. The first-order valence-electron chi connectivity index (χ1n) is 10.8. The van der Waals surface area contributed by atoms with Crippen LogP contribution in [0.5, 0.6) is 11.5 Å². The number of carbonyl (C=O) groups excluding carboxylic acids is 1. The van der Waals surface area contributed by atoms with Crippen LogP contribution in [0.3, 0.4) is 0 Å². The van der Waals surface area contributed by atoms with Crippen LogP contribution in [-0.2, 0) is 4.74 Å². The summed E-state index contributed by atoms with van der Waals surface area (Å²) >= 11 is 0. The third-order valence-electron chi connectivity index (χ3n) is 6.11. The maximum Gasteiger partial charge on any atom is 0.409 e. The van der Waals surface area contributed by atoms with Gasteiger partial charge in [-0.1, -0.05) is 24.3 Å². The standard InChI is InChI=1S/C24H28FN3O4/c1-3-32-23(30)28-13-11-24(12-14-28)26-19(16-7-9-17(25)10-8-16)15-20(27-24)18-5-4-6-21(31-2)22(18)29/h4-10,20,27,29H,3,11-15H2,1-2H3/t20-/m0/s1. The summed E-state index contributed by atoms with van der Waals surface area (Å²) in [5.74, 6) is 0.191.